The minimum Gasteiger partial charge on any atom is -0.455 e. The van der Waals surface area contributed by atoms with Gasteiger partial charge in [0.1, 0.15) is 12.2 Å². The Morgan fingerprint density at radius 2 is 2.11 bits per heavy atom. The molecule has 5 heteroatoms. The second kappa shape index (κ2) is 6.57. The molecule has 0 aromatic heterocycles. The number of esters is 1. The Bertz CT molecular complexity index is 380. The van der Waals surface area contributed by atoms with E-state index in [1.807, 2.05) is 6.26 Å². The summed E-state index contributed by atoms with van der Waals surface area (Å²) < 4.78 is 5.52. The molecule has 0 heterocycles. The molecule has 3 unspecified atom stereocenters. The van der Waals surface area contributed by atoms with Crippen LogP contribution in [0.5, 0.6) is 0 Å². The molecule has 19 heavy (non-hydrogen) atoms. The van der Waals surface area contributed by atoms with Crippen molar-refractivity contribution in [2.45, 2.75) is 44.0 Å². The third-order valence-electron chi connectivity index (χ3n) is 3.70. The molecule has 0 saturated heterocycles. The maximum Gasteiger partial charge on any atom is 0.333 e. The third-order valence-corrected chi connectivity index (χ3v) is 4.77. The van der Waals surface area contributed by atoms with E-state index < -0.39 is 24.1 Å². The van der Waals surface area contributed by atoms with Crippen LogP contribution in [0.2, 0.25) is 0 Å². The fourth-order valence-corrected chi connectivity index (χ4v) is 3.45. The highest BCUT2D eigenvalue weighted by Gasteiger charge is 2.46. The third kappa shape index (κ3) is 3.83. The van der Waals surface area contributed by atoms with Gasteiger partial charge < -0.3 is 9.84 Å². The van der Waals surface area contributed by atoms with Gasteiger partial charge in [-0.1, -0.05) is 6.58 Å². The number of hydrogen-bond donors (Lipinski definition) is 1. The van der Waals surface area contributed by atoms with Crippen molar-refractivity contribution >= 4 is 23.5 Å². The Morgan fingerprint density at radius 1 is 1.47 bits per heavy atom. The maximum absolute atomic E-state index is 11.9. The minimum atomic E-state index is -0.845. The summed E-state index contributed by atoms with van der Waals surface area (Å²) in [6.07, 6.45) is 4.19. The lowest BCUT2D eigenvalue weighted by Gasteiger charge is -2.42. The number of aliphatic hydroxyl groups excluding tert-OH is 1. The topological polar surface area (TPSA) is 63.6 Å². The van der Waals surface area contributed by atoms with E-state index in [-0.39, 0.29) is 5.78 Å². The zero-order chi connectivity index (χ0) is 14.6. The van der Waals surface area contributed by atoms with E-state index >= 15 is 0 Å². The smallest absolute Gasteiger partial charge is 0.333 e. The van der Waals surface area contributed by atoms with Crippen LogP contribution in [0.25, 0.3) is 0 Å². The normalized spacial score (nSPS) is 30.7. The molecule has 1 fully saturated rings. The van der Waals surface area contributed by atoms with Gasteiger partial charge >= 0.3 is 5.97 Å². The Hall–Kier alpha value is -0.810. The molecule has 0 spiro atoms. The zero-order valence-corrected chi connectivity index (χ0v) is 12.6. The summed E-state index contributed by atoms with van der Waals surface area (Å²) in [5.74, 6) is -1.15. The van der Waals surface area contributed by atoms with E-state index in [2.05, 4.69) is 6.58 Å². The number of hydrogen-bond acceptors (Lipinski definition) is 5. The van der Waals surface area contributed by atoms with Crippen LogP contribution in [0, 0.1) is 5.92 Å². The zero-order valence-electron chi connectivity index (χ0n) is 11.8. The van der Waals surface area contributed by atoms with Gasteiger partial charge in [0.2, 0.25) is 0 Å². The summed E-state index contributed by atoms with van der Waals surface area (Å²) in [7, 11) is 0. The number of aliphatic hydroxyl groups is 1. The van der Waals surface area contributed by atoms with Crippen molar-refractivity contribution in [1.29, 1.82) is 0 Å². The number of carbonyl (C=O) groups excluding carboxylic acids is 2. The molecule has 1 aliphatic rings. The number of ketones is 1. The molecule has 1 aliphatic carbocycles. The molecule has 0 radical (unpaired) electrons. The molecular weight excluding hydrogens is 264 g/mol. The van der Waals surface area contributed by atoms with Crippen LogP contribution >= 0.6 is 11.8 Å². The molecule has 0 amide bonds. The Balaban J connectivity index is 2.94. The summed E-state index contributed by atoms with van der Waals surface area (Å²) in [5.41, 5.74) is -0.524. The van der Waals surface area contributed by atoms with Crippen molar-refractivity contribution in [3.8, 4) is 0 Å². The van der Waals surface area contributed by atoms with Crippen molar-refractivity contribution in [2.24, 2.45) is 5.92 Å². The van der Waals surface area contributed by atoms with Crippen LogP contribution in [-0.2, 0) is 14.3 Å². The predicted molar refractivity (Wildman–Crippen MR) is 76.0 cm³/mol. The molecular formula is C14H22O4S. The average Bonchev–Trinajstić information content (AvgIpc) is 2.37. The molecule has 0 aromatic carbocycles. The van der Waals surface area contributed by atoms with Gasteiger partial charge in [-0.15, -0.1) is 0 Å². The standard InChI is InChI=1S/C14H22O4S/c1-9(2)13(17)18-14(3)7-10(19-4)5-6-11(14)12(16)8-15/h10-11,15H,1,5-8H2,2-4H3. The Morgan fingerprint density at radius 3 is 2.58 bits per heavy atom. The second-order valence-corrected chi connectivity index (χ2v) is 6.44. The minimum absolute atomic E-state index is 0.253. The Labute approximate surface area is 118 Å². The summed E-state index contributed by atoms with van der Waals surface area (Å²) in [6.45, 7) is 6.43. The highest BCUT2D eigenvalue weighted by atomic mass is 32.2. The lowest BCUT2D eigenvalue weighted by atomic mass is 9.74. The highest BCUT2D eigenvalue weighted by Crippen LogP contribution is 2.41. The fraction of sp³-hybridized carbons (Fsp3) is 0.714. The lowest BCUT2D eigenvalue weighted by Crippen LogP contribution is -2.49. The molecule has 0 aliphatic heterocycles. The molecule has 108 valence electrons. The van der Waals surface area contributed by atoms with Gasteiger partial charge in [-0.3, -0.25) is 4.79 Å². The average molecular weight is 286 g/mol. The fourth-order valence-electron chi connectivity index (χ4n) is 2.58. The summed E-state index contributed by atoms with van der Waals surface area (Å²) in [6, 6.07) is 0. The van der Waals surface area contributed by atoms with E-state index in [1.165, 1.54) is 0 Å². The number of Topliss-reactive ketones (excluding diaryl/α,β-unsaturated/α-hetero) is 1. The maximum atomic E-state index is 11.9. The Kier molecular flexibility index (Phi) is 5.62. The van der Waals surface area contributed by atoms with Gasteiger partial charge in [-0.05, 0) is 39.4 Å². The van der Waals surface area contributed by atoms with Gasteiger partial charge in [0.15, 0.2) is 5.78 Å². The van der Waals surface area contributed by atoms with Crippen molar-refractivity contribution in [2.75, 3.05) is 12.9 Å². The monoisotopic (exact) mass is 286 g/mol. The van der Waals surface area contributed by atoms with Gasteiger partial charge in [0, 0.05) is 10.8 Å². The van der Waals surface area contributed by atoms with Gasteiger partial charge in [-0.25, -0.2) is 4.79 Å². The van der Waals surface area contributed by atoms with Crippen LogP contribution in [-0.4, -0.2) is 40.6 Å². The lowest BCUT2D eigenvalue weighted by molar-refractivity contribution is -0.166. The van der Waals surface area contributed by atoms with Crippen LogP contribution in [0.1, 0.15) is 33.1 Å². The van der Waals surface area contributed by atoms with Crippen molar-refractivity contribution < 1.29 is 19.4 Å². The predicted octanol–water partition coefficient (Wildman–Crippen LogP) is 1.96. The van der Waals surface area contributed by atoms with Crippen molar-refractivity contribution in [1.82, 2.24) is 0 Å². The summed E-state index contributed by atoms with van der Waals surface area (Å²) in [4.78, 5) is 23.6. The summed E-state index contributed by atoms with van der Waals surface area (Å²) in [5, 5.41) is 9.44. The second-order valence-electron chi connectivity index (χ2n) is 5.30. The van der Waals surface area contributed by atoms with Gasteiger partial charge in [0.05, 0.1) is 5.92 Å². The number of rotatable bonds is 5. The molecule has 1 rings (SSSR count). The number of carbonyl (C=O) groups is 2. The van der Waals surface area contributed by atoms with Crippen LogP contribution in [0.3, 0.4) is 0 Å². The van der Waals surface area contributed by atoms with Crippen molar-refractivity contribution in [3.05, 3.63) is 12.2 Å². The van der Waals surface area contributed by atoms with E-state index in [4.69, 9.17) is 9.84 Å². The number of thioether (sulfide) groups is 1. The molecule has 3 atom stereocenters. The first-order valence-electron chi connectivity index (χ1n) is 6.39. The molecule has 0 bridgehead atoms. The first kappa shape index (κ1) is 16.2. The first-order chi connectivity index (χ1) is 8.84. The van der Waals surface area contributed by atoms with Gasteiger partial charge in [0.25, 0.3) is 0 Å². The van der Waals surface area contributed by atoms with Gasteiger partial charge in [-0.2, -0.15) is 11.8 Å². The van der Waals surface area contributed by atoms with E-state index in [9.17, 15) is 9.59 Å². The molecule has 0 aromatic rings. The molecule has 1 saturated carbocycles. The van der Waals surface area contributed by atoms with E-state index in [1.54, 1.807) is 25.6 Å². The largest absolute Gasteiger partial charge is 0.455 e. The van der Waals surface area contributed by atoms with E-state index in [0.29, 0.717) is 23.7 Å². The first-order valence-corrected chi connectivity index (χ1v) is 7.68. The highest BCUT2D eigenvalue weighted by molar-refractivity contribution is 7.99. The molecule has 1 N–H and O–H groups in total. The van der Waals surface area contributed by atoms with Crippen LogP contribution in [0.4, 0.5) is 0 Å². The SMILES string of the molecule is C=C(C)C(=O)OC1(C)CC(SC)CCC1C(=O)CO. The van der Waals surface area contributed by atoms with Crippen LogP contribution < -0.4 is 0 Å². The van der Waals surface area contributed by atoms with E-state index in [0.717, 1.165) is 6.42 Å². The molecule has 4 nitrogen and oxygen atoms in total. The van der Waals surface area contributed by atoms with Crippen molar-refractivity contribution in [3.63, 3.8) is 0 Å². The summed E-state index contributed by atoms with van der Waals surface area (Å²) >= 11 is 1.72. The quantitative estimate of drug-likeness (QED) is 0.618. The van der Waals surface area contributed by atoms with Crippen LogP contribution in [0.15, 0.2) is 12.2 Å². The number of ether oxygens (including phenoxy) is 1.